The highest BCUT2D eigenvalue weighted by atomic mass is 32.2. The molecule has 1 aromatic heterocycles. The number of aromatic nitrogens is 2. The van der Waals surface area contributed by atoms with E-state index in [2.05, 4.69) is 5.32 Å². The van der Waals surface area contributed by atoms with Gasteiger partial charge in [-0.25, -0.2) is 9.07 Å². The number of halogens is 1. The summed E-state index contributed by atoms with van der Waals surface area (Å²) in [4.78, 5) is 12.6. The maximum Gasteiger partial charge on any atom is 0.229 e. The Balaban J connectivity index is 1.64. The van der Waals surface area contributed by atoms with Crippen molar-refractivity contribution in [3.63, 3.8) is 0 Å². The van der Waals surface area contributed by atoms with E-state index in [1.165, 1.54) is 12.1 Å². The van der Waals surface area contributed by atoms with Crippen molar-refractivity contribution < 1.29 is 9.18 Å². The van der Waals surface area contributed by atoms with Gasteiger partial charge in [0.15, 0.2) is 0 Å². The Morgan fingerprint density at radius 1 is 1.19 bits per heavy atom. The molecule has 26 heavy (non-hydrogen) atoms. The maximum atomic E-state index is 13.0. The minimum atomic E-state index is -0.304. The van der Waals surface area contributed by atoms with Gasteiger partial charge in [-0.05, 0) is 36.2 Å². The molecule has 6 heteroatoms. The summed E-state index contributed by atoms with van der Waals surface area (Å²) >= 11 is 1.80. The van der Waals surface area contributed by atoms with Crippen molar-refractivity contribution in [2.75, 3.05) is 5.32 Å². The lowest BCUT2D eigenvalue weighted by atomic mass is 10.1. The van der Waals surface area contributed by atoms with Crippen molar-refractivity contribution in [2.45, 2.75) is 24.9 Å². The number of nitrogens with one attached hydrogen (secondary N) is 1. The van der Waals surface area contributed by atoms with Gasteiger partial charge in [-0.1, -0.05) is 30.3 Å². The largest absolute Gasteiger partial charge is 0.310 e. The summed E-state index contributed by atoms with van der Waals surface area (Å²) in [6, 6.07) is 14.0. The lowest BCUT2D eigenvalue weighted by molar-refractivity contribution is -0.115. The molecule has 0 fully saturated rings. The first-order chi connectivity index (χ1) is 12.6. The molecule has 4 nitrogen and oxygen atoms in total. The van der Waals surface area contributed by atoms with Gasteiger partial charge in [-0.2, -0.15) is 16.9 Å². The molecule has 0 atom stereocenters. The average Bonchev–Trinajstić information content (AvgIpc) is 3.20. The zero-order valence-electron chi connectivity index (χ0n) is 14.3. The van der Waals surface area contributed by atoms with Crippen LogP contribution in [0.2, 0.25) is 0 Å². The molecular weight excluding hydrogens is 349 g/mol. The van der Waals surface area contributed by atoms with E-state index in [0.29, 0.717) is 0 Å². The van der Waals surface area contributed by atoms with Crippen molar-refractivity contribution in [2.24, 2.45) is 0 Å². The Morgan fingerprint density at radius 2 is 1.96 bits per heavy atom. The molecule has 4 rings (SSSR count). The first-order valence-corrected chi connectivity index (χ1v) is 9.56. The van der Waals surface area contributed by atoms with Gasteiger partial charge in [0.1, 0.15) is 11.6 Å². The van der Waals surface area contributed by atoms with Gasteiger partial charge in [0.05, 0.1) is 17.8 Å². The first kappa shape index (κ1) is 16.8. The minimum Gasteiger partial charge on any atom is -0.310 e. The molecular formula is C20H18FN3OS. The number of carbonyl (C=O) groups is 1. The summed E-state index contributed by atoms with van der Waals surface area (Å²) in [5.41, 5.74) is 4.94. The standard InChI is InChI=1S/C20H18FN3OS/c1-13-4-2-3-5-18(13)24-20(16-11-26-12-17(16)23-24)22-19(25)10-14-6-8-15(21)9-7-14/h2-9H,10-12H2,1H3,(H,22,25). The van der Waals surface area contributed by atoms with E-state index in [9.17, 15) is 9.18 Å². The summed E-state index contributed by atoms with van der Waals surface area (Å²) in [5, 5.41) is 7.76. The van der Waals surface area contributed by atoms with E-state index < -0.39 is 0 Å². The lowest BCUT2D eigenvalue weighted by Crippen LogP contribution is -2.18. The first-order valence-electron chi connectivity index (χ1n) is 8.40. The molecule has 3 aromatic rings. The quantitative estimate of drug-likeness (QED) is 0.750. The van der Waals surface area contributed by atoms with E-state index in [1.807, 2.05) is 35.9 Å². The van der Waals surface area contributed by atoms with Gasteiger partial charge in [-0.15, -0.1) is 0 Å². The van der Waals surface area contributed by atoms with Crippen molar-refractivity contribution in [3.8, 4) is 5.69 Å². The van der Waals surface area contributed by atoms with Crippen LogP contribution in [0.3, 0.4) is 0 Å². The van der Waals surface area contributed by atoms with E-state index in [4.69, 9.17) is 5.10 Å². The number of nitrogens with zero attached hydrogens (tertiary/aromatic N) is 2. The Labute approximate surface area is 155 Å². The predicted molar refractivity (Wildman–Crippen MR) is 102 cm³/mol. The number of aryl methyl sites for hydroxylation is 1. The van der Waals surface area contributed by atoms with Crippen LogP contribution in [-0.2, 0) is 22.7 Å². The summed E-state index contributed by atoms with van der Waals surface area (Å²) in [7, 11) is 0. The van der Waals surface area contributed by atoms with Gasteiger partial charge in [0.25, 0.3) is 0 Å². The fourth-order valence-corrected chi connectivity index (χ4v) is 4.12. The normalized spacial score (nSPS) is 12.8. The third kappa shape index (κ3) is 3.24. The molecule has 1 N–H and O–H groups in total. The maximum absolute atomic E-state index is 13.0. The molecule has 0 unspecified atom stereocenters. The molecule has 2 aromatic carbocycles. The third-order valence-corrected chi connectivity index (χ3v) is 5.40. The van der Waals surface area contributed by atoms with Crippen molar-refractivity contribution in [1.82, 2.24) is 9.78 Å². The van der Waals surface area contributed by atoms with Crippen LogP contribution in [0.25, 0.3) is 5.69 Å². The zero-order chi connectivity index (χ0) is 18.1. The SMILES string of the molecule is Cc1ccccc1-n1nc2c(c1NC(=O)Cc1ccc(F)cc1)CSC2. The van der Waals surface area contributed by atoms with Crippen LogP contribution in [0, 0.1) is 12.7 Å². The monoisotopic (exact) mass is 367 g/mol. The molecule has 0 bridgehead atoms. The number of thioether (sulfide) groups is 1. The highest BCUT2D eigenvalue weighted by Gasteiger charge is 2.25. The second-order valence-corrected chi connectivity index (χ2v) is 7.30. The summed E-state index contributed by atoms with van der Waals surface area (Å²) in [6.45, 7) is 2.03. The van der Waals surface area contributed by atoms with Crippen LogP contribution in [0.1, 0.15) is 22.4 Å². The van der Waals surface area contributed by atoms with Crippen LogP contribution < -0.4 is 5.32 Å². The predicted octanol–water partition coefficient (Wildman–Crippen LogP) is 4.25. The fourth-order valence-electron chi connectivity index (χ4n) is 3.08. The Hall–Kier alpha value is -2.60. The van der Waals surface area contributed by atoms with Crippen LogP contribution in [-0.4, -0.2) is 15.7 Å². The molecule has 1 aliphatic rings. The Kier molecular flexibility index (Phi) is 4.51. The number of anilines is 1. The molecule has 1 amide bonds. The van der Waals surface area contributed by atoms with Crippen LogP contribution in [0.15, 0.2) is 48.5 Å². The van der Waals surface area contributed by atoms with Gasteiger partial charge in [-0.3, -0.25) is 4.79 Å². The number of hydrogen-bond donors (Lipinski definition) is 1. The molecule has 2 heterocycles. The molecule has 132 valence electrons. The second-order valence-electron chi connectivity index (χ2n) is 6.32. The van der Waals surface area contributed by atoms with E-state index in [1.54, 1.807) is 23.9 Å². The number of para-hydroxylation sites is 1. The van der Waals surface area contributed by atoms with Crippen LogP contribution in [0.4, 0.5) is 10.2 Å². The molecule has 0 aliphatic carbocycles. The van der Waals surface area contributed by atoms with E-state index in [-0.39, 0.29) is 18.1 Å². The fraction of sp³-hybridized carbons (Fsp3) is 0.200. The Morgan fingerprint density at radius 3 is 2.73 bits per heavy atom. The molecule has 0 saturated carbocycles. The number of fused-ring (bicyclic) bond motifs is 1. The van der Waals surface area contributed by atoms with Gasteiger partial charge in [0.2, 0.25) is 5.91 Å². The molecule has 0 saturated heterocycles. The van der Waals surface area contributed by atoms with Crippen LogP contribution >= 0.6 is 11.8 Å². The second kappa shape index (κ2) is 6.96. The number of amides is 1. The van der Waals surface area contributed by atoms with Crippen molar-refractivity contribution >= 4 is 23.5 Å². The van der Waals surface area contributed by atoms with Gasteiger partial charge < -0.3 is 5.32 Å². The summed E-state index contributed by atoms with van der Waals surface area (Å²) in [5.74, 6) is 2.00. The summed E-state index contributed by atoms with van der Waals surface area (Å²) in [6.07, 6.45) is 0.196. The molecule has 0 spiro atoms. The number of carbonyl (C=O) groups excluding carboxylic acids is 1. The molecule has 1 aliphatic heterocycles. The summed E-state index contributed by atoms with van der Waals surface area (Å²) < 4.78 is 14.9. The number of rotatable bonds is 4. The highest BCUT2D eigenvalue weighted by Crippen LogP contribution is 2.36. The van der Waals surface area contributed by atoms with Gasteiger partial charge in [0, 0.05) is 17.1 Å². The number of benzene rings is 2. The van der Waals surface area contributed by atoms with Gasteiger partial charge >= 0.3 is 0 Å². The molecule has 0 radical (unpaired) electrons. The van der Waals surface area contributed by atoms with Crippen LogP contribution in [0.5, 0.6) is 0 Å². The van der Waals surface area contributed by atoms with Crippen molar-refractivity contribution in [1.29, 1.82) is 0 Å². The minimum absolute atomic E-state index is 0.133. The van der Waals surface area contributed by atoms with E-state index >= 15 is 0 Å². The average molecular weight is 367 g/mol. The van der Waals surface area contributed by atoms with Crippen molar-refractivity contribution in [3.05, 3.63) is 76.7 Å². The smallest absolute Gasteiger partial charge is 0.229 e. The van der Waals surface area contributed by atoms with E-state index in [0.717, 1.165) is 45.4 Å². The Bertz CT molecular complexity index is 966. The highest BCUT2D eigenvalue weighted by molar-refractivity contribution is 7.98. The topological polar surface area (TPSA) is 46.9 Å². The zero-order valence-corrected chi connectivity index (χ0v) is 15.1. The third-order valence-electron chi connectivity index (χ3n) is 4.43. The lowest BCUT2D eigenvalue weighted by Gasteiger charge is -2.13. The number of hydrogen-bond acceptors (Lipinski definition) is 3.